The summed E-state index contributed by atoms with van der Waals surface area (Å²) in [5.74, 6) is 0.945. The molecule has 1 saturated heterocycles. The summed E-state index contributed by atoms with van der Waals surface area (Å²) in [6.45, 7) is 5.75. The molecule has 146 valence electrons. The first-order chi connectivity index (χ1) is 13.5. The Balaban J connectivity index is 1.48. The summed E-state index contributed by atoms with van der Waals surface area (Å²) in [6.07, 6.45) is 3.43. The van der Waals surface area contributed by atoms with Crippen molar-refractivity contribution in [2.75, 3.05) is 18.0 Å². The molecule has 1 amide bonds. The lowest BCUT2D eigenvalue weighted by atomic mass is 9.84. The number of hydrogen-bond donors (Lipinski definition) is 1. The number of benzene rings is 1. The fourth-order valence-electron chi connectivity index (χ4n) is 3.73. The maximum absolute atomic E-state index is 13.0. The van der Waals surface area contributed by atoms with Crippen molar-refractivity contribution in [3.63, 3.8) is 0 Å². The van der Waals surface area contributed by atoms with Crippen molar-refractivity contribution in [3.8, 4) is 0 Å². The topological polar surface area (TPSA) is 58.1 Å². The number of fused-ring (bicyclic) bond motifs is 1. The molecule has 0 spiro atoms. The van der Waals surface area contributed by atoms with Crippen LogP contribution < -0.4 is 10.2 Å². The summed E-state index contributed by atoms with van der Waals surface area (Å²) in [7, 11) is 0. The van der Waals surface area contributed by atoms with Crippen LogP contribution >= 0.6 is 27.3 Å². The van der Waals surface area contributed by atoms with Gasteiger partial charge >= 0.3 is 0 Å². The van der Waals surface area contributed by atoms with E-state index in [4.69, 9.17) is 0 Å². The number of nitrogens with zero attached hydrogens (tertiary/aromatic N) is 3. The molecule has 0 aliphatic carbocycles. The monoisotopic (exact) mass is 458 g/mol. The summed E-state index contributed by atoms with van der Waals surface area (Å²) in [5.41, 5.74) is 1.06. The summed E-state index contributed by atoms with van der Waals surface area (Å²) in [6, 6.07) is 10.1. The highest BCUT2D eigenvalue weighted by atomic mass is 79.9. The van der Waals surface area contributed by atoms with E-state index in [1.807, 2.05) is 23.6 Å². The third kappa shape index (κ3) is 3.78. The molecule has 1 fully saturated rings. The maximum atomic E-state index is 13.0. The van der Waals surface area contributed by atoms with Crippen LogP contribution in [0.3, 0.4) is 0 Å². The first-order valence-corrected chi connectivity index (χ1v) is 11.1. The van der Waals surface area contributed by atoms with Gasteiger partial charge in [0.05, 0.1) is 5.39 Å². The molecule has 1 atom stereocenters. The van der Waals surface area contributed by atoms with Gasteiger partial charge in [-0.1, -0.05) is 41.9 Å². The van der Waals surface area contributed by atoms with Gasteiger partial charge in [0.2, 0.25) is 5.91 Å². The van der Waals surface area contributed by atoms with Crippen molar-refractivity contribution in [3.05, 3.63) is 52.1 Å². The number of halogens is 1. The molecule has 0 radical (unpaired) electrons. The molecule has 28 heavy (non-hydrogen) atoms. The first kappa shape index (κ1) is 19.3. The van der Waals surface area contributed by atoms with Crippen molar-refractivity contribution in [1.29, 1.82) is 0 Å². The van der Waals surface area contributed by atoms with E-state index in [-0.39, 0.29) is 17.4 Å². The fourth-order valence-corrected chi connectivity index (χ4v) is 4.72. The van der Waals surface area contributed by atoms with Gasteiger partial charge in [0.1, 0.15) is 23.0 Å². The SMILES string of the molecule is CC(C)(CNC(=O)C1CCCN1c1ncnc2sccc12)c1ccc(Br)cc1. The zero-order valence-electron chi connectivity index (χ0n) is 16.0. The Hall–Kier alpha value is -1.99. The molecule has 1 aliphatic rings. The molecule has 4 rings (SSSR count). The zero-order chi connectivity index (χ0) is 19.7. The predicted molar refractivity (Wildman–Crippen MR) is 118 cm³/mol. The normalized spacial score (nSPS) is 17.2. The van der Waals surface area contributed by atoms with E-state index >= 15 is 0 Å². The Kier molecular flexibility index (Phi) is 5.38. The van der Waals surface area contributed by atoms with Crippen LogP contribution in [0.2, 0.25) is 0 Å². The number of anilines is 1. The van der Waals surface area contributed by atoms with Gasteiger partial charge < -0.3 is 10.2 Å². The Labute approximate surface area is 177 Å². The summed E-state index contributed by atoms with van der Waals surface area (Å²) < 4.78 is 1.06. The van der Waals surface area contributed by atoms with Crippen molar-refractivity contribution < 1.29 is 4.79 Å². The molecular weight excluding hydrogens is 436 g/mol. The van der Waals surface area contributed by atoms with E-state index in [0.717, 1.165) is 39.9 Å². The average Bonchev–Trinajstić information content (AvgIpc) is 3.35. The molecule has 5 nitrogen and oxygen atoms in total. The highest BCUT2D eigenvalue weighted by Gasteiger charge is 2.33. The Morgan fingerprint density at radius 3 is 2.86 bits per heavy atom. The maximum Gasteiger partial charge on any atom is 0.242 e. The number of carbonyl (C=O) groups excluding carboxylic acids is 1. The molecule has 0 bridgehead atoms. The van der Waals surface area contributed by atoms with Gasteiger partial charge in [0.15, 0.2) is 0 Å². The molecule has 3 heterocycles. The molecule has 3 aromatic rings. The van der Waals surface area contributed by atoms with Gasteiger partial charge in [0.25, 0.3) is 0 Å². The average molecular weight is 459 g/mol. The lowest BCUT2D eigenvalue weighted by molar-refractivity contribution is -0.122. The molecule has 1 aromatic carbocycles. The van der Waals surface area contributed by atoms with Crippen molar-refractivity contribution in [1.82, 2.24) is 15.3 Å². The van der Waals surface area contributed by atoms with Gasteiger partial charge in [-0.3, -0.25) is 4.79 Å². The first-order valence-electron chi connectivity index (χ1n) is 9.44. The van der Waals surface area contributed by atoms with E-state index in [0.29, 0.717) is 6.54 Å². The van der Waals surface area contributed by atoms with E-state index in [9.17, 15) is 4.79 Å². The smallest absolute Gasteiger partial charge is 0.242 e. The molecule has 1 N–H and O–H groups in total. The Morgan fingerprint density at radius 2 is 2.07 bits per heavy atom. The van der Waals surface area contributed by atoms with E-state index in [1.54, 1.807) is 17.7 Å². The van der Waals surface area contributed by atoms with Crippen LogP contribution in [0.25, 0.3) is 10.2 Å². The number of nitrogens with one attached hydrogen (secondary N) is 1. The Bertz CT molecular complexity index is 985. The minimum absolute atomic E-state index is 0.0738. The zero-order valence-corrected chi connectivity index (χ0v) is 18.4. The lowest BCUT2D eigenvalue weighted by Crippen LogP contribution is -2.47. The van der Waals surface area contributed by atoms with E-state index in [2.05, 4.69) is 62.1 Å². The van der Waals surface area contributed by atoms with Crippen molar-refractivity contribution in [2.45, 2.75) is 38.1 Å². The number of rotatable bonds is 5. The van der Waals surface area contributed by atoms with Crippen LogP contribution in [0.15, 0.2) is 46.5 Å². The van der Waals surface area contributed by atoms with Gasteiger partial charge in [-0.25, -0.2) is 9.97 Å². The summed E-state index contributed by atoms with van der Waals surface area (Å²) in [4.78, 5) is 25.0. The second kappa shape index (κ2) is 7.79. The minimum Gasteiger partial charge on any atom is -0.353 e. The number of carbonyl (C=O) groups is 1. The quantitative estimate of drug-likeness (QED) is 0.610. The van der Waals surface area contributed by atoms with Gasteiger partial charge in [0, 0.05) is 23.0 Å². The number of hydrogen-bond acceptors (Lipinski definition) is 5. The lowest BCUT2D eigenvalue weighted by Gasteiger charge is -2.29. The highest BCUT2D eigenvalue weighted by molar-refractivity contribution is 9.10. The minimum atomic E-state index is -0.182. The second-order valence-corrected chi connectivity index (χ2v) is 9.61. The van der Waals surface area contributed by atoms with Crippen molar-refractivity contribution >= 4 is 49.2 Å². The van der Waals surface area contributed by atoms with E-state index < -0.39 is 0 Å². The second-order valence-electron chi connectivity index (χ2n) is 7.80. The van der Waals surface area contributed by atoms with E-state index in [1.165, 1.54) is 5.56 Å². The van der Waals surface area contributed by atoms with Gasteiger partial charge in [-0.2, -0.15) is 0 Å². The van der Waals surface area contributed by atoms with Crippen LogP contribution in [-0.2, 0) is 10.2 Å². The van der Waals surface area contributed by atoms with Crippen LogP contribution in [0.5, 0.6) is 0 Å². The van der Waals surface area contributed by atoms with Crippen LogP contribution in [0, 0.1) is 0 Å². The standard InChI is InChI=1S/C21H23BrN4OS/c1-21(2,14-5-7-15(22)8-6-14)12-23-19(27)17-4-3-10-26(17)18-16-9-11-28-20(16)25-13-24-18/h5-9,11,13,17H,3-4,10,12H2,1-2H3,(H,23,27). The van der Waals surface area contributed by atoms with Gasteiger partial charge in [-0.15, -0.1) is 11.3 Å². The molecular formula is C21H23BrN4OS. The van der Waals surface area contributed by atoms with Crippen LogP contribution in [0.1, 0.15) is 32.3 Å². The third-order valence-corrected chi connectivity index (χ3v) is 6.75. The fraction of sp³-hybridized carbons (Fsp3) is 0.381. The molecule has 2 aromatic heterocycles. The largest absolute Gasteiger partial charge is 0.353 e. The molecule has 0 saturated carbocycles. The number of amides is 1. The summed E-state index contributed by atoms with van der Waals surface area (Å²) in [5, 5.41) is 6.24. The third-order valence-electron chi connectivity index (χ3n) is 5.40. The molecule has 7 heteroatoms. The van der Waals surface area contributed by atoms with Crippen molar-refractivity contribution in [2.24, 2.45) is 0 Å². The van der Waals surface area contributed by atoms with Crippen LogP contribution in [-0.4, -0.2) is 35.0 Å². The number of aromatic nitrogens is 2. The summed E-state index contributed by atoms with van der Waals surface area (Å²) >= 11 is 5.08. The number of thiophene rings is 1. The molecule has 1 unspecified atom stereocenters. The highest BCUT2D eigenvalue weighted by Crippen LogP contribution is 2.32. The molecule has 1 aliphatic heterocycles. The van der Waals surface area contributed by atoms with Crippen LogP contribution in [0.4, 0.5) is 5.82 Å². The predicted octanol–water partition coefficient (Wildman–Crippen LogP) is 4.52. The van der Waals surface area contributed by atoms with Gasteiger partial charge in [-0.05, 0) is 42.0 Å². The Morgan fingerprint density at radius 1 is 1.29 bits per heavy atom.